The van der Waals surface area contributed by atoms with E-state index < -0.39 is 20.0 Å². The lowest BCUT2D eigenvalue weighted by atomic mass is 10.4. The summed E-state index contributed by atoms with van der Waals surface area (Å²) in [6, 6.07) is 7.83. The minimum Gasteiger partial charge on any atom is -0.315 e. The predicted octanol–water partition coefficient (Wildman–Crippen LogP) is 0.306. The summed E-state index contributed by atoms with van der Waals surface area (Å²) in [5.74, 6) is -0.299. The number of sulfonamides is 2. The van der Waals surface area contributed by atoms with Crippen molar-refractivity contribution in [2.45, 2.75) is 18.2 Å². The standard InChI is InChI=1S/C13H23N3O4S2.ClH/c1-2-8-14-9-10-15-21(17,18)12-11-16-22(19,20)13-6-4-3-5-7-13;/h3-7,14-16H,2,8-12H2,1H3;1H. The molecular weight excluding hydrogens is 362 g/mol. The highest BCUT2D eigenvalue weighted by atomic mass is 35.5. The molecule has 0 bridgehead atoms. The van der Waals surface area contributed by atoms with Gasteiger partial charge in [-0.3, -0.25) is 0 Å². The summed E-state index contributed by atoms with van der Waals surface area (Å²) in [6.07, 6.45) is 0.980. The van der Waals surface area contributed by atoms with E-state index in [1.54, 1.807) is 18.2 Å². The van der Waals surface area contributed by atoms with Crippen molar-refractivity contribution in [1.29, 1.82) is 0 Å². The molecule has 3 N–H and O–H groups in total. The van der Waals surface area contributed by atoms with Crippen molar-refractivity contribution in [3.8, 4) is 0 Å². The number of hydrogen-bond acceptors (Lipinski definition) is 5. The van der Waals surface area contributed by atoms with Crippen LogP contribution < -0.4 is 14.8 Å². The van der Waals surface area contributed by atoms with Gasteiger partial charge in [0.15, 0.2) is 0 Å². The van der Waals surface area contributed by atoms with E-state index in [0.29, 0.717) is 6.54 Å². The molecule has 0 spiro atoms. The molecule has 0 aliphatic rings. The molecule has 0 saturated carbocycles. The van der Waals surface area contributed by atoms with Gasteiger partial charge in [0.25, 0.3) is 0 Å². The molecule has 0 fully saturated rings. The highest BCUT2D eigenvalue weighted by Crippen LogP contribution is 2.06. The van der Waals surface area contributed by atoms with Crippen LogP contribution in [0.15, 0.2) is 35.2 Å². The Morgan fingerprint density at radius 1 is 0.870 bits per heavy atom. The van der Waals surface area contributed by atoms with Crippen LogP contribution in [0.25, 0.3) is 0 Å². The summed E-state index contributed by atoms with van der Waals surface area (Å²) in [5, 5.41) is 3.07. The second-order valence-corrected chi connectivity index (χ2v) is 8.37. The Morgan fingerprint density at radius 3 is 2.13 bits per heavy atom. The van der Waals surface area contributed by atoms with E-state index in [1.807, 2.05) is 6.92 Å². The van der Waals surface area contributed by atoms with Gasteiger partial charge in [0, 0.05) is 19.6 Å². The fourth-order valence-electron chi connectivity index (χ4n) is 1.66. The monoisotopic (exact) mass is 385 g/mol. The molecule has 134 valence electrons. The first-order valence-corrected chi connectivity index (χ1v) is 10.2. The third-order valence-corrected chi connectivity index (χ3v) is 5.63. The number of benzene rings is 1. The number of hydrogen-bond donors (Lipinski definition) is 3. The Hall–Kier alpha value is -0.710. The smallest absolute Gasteiger partial charge is 0.240 e. The van der Waals surface area contributed by atoms with E-state index in [1.165, 1.54) is 12.1 Å². The first kappa shape index (κ1) is 22.3. The first-order valence-electron chi connectivity index (χ1n) is 7.10. The van der Waals surface area contributed by atoms with Gasteiger partial charge in [0.05, 0.1) is 10.6 Å². The van der Waals surface area contributed by atoms with Crippen molar-refractivity contribution < 1.29 is 16.8 Å². The Kier molecular flexibility index (Phi) is 10.6. The maximum absolute atomic E-state index is 11.9. The van der Waals surface area contributed by atoms with Gasteiger partial charge in [-0.25, -0.2) is 26.3 Å². The molecule has 1 rings (SSSR count). The Morgan fingerprint density at radius 2 is 1.52 bits per heavy atom. The van der Waals surface area contributed by atoms with Gasteiger partial charge in [-0.05, 0) is 25.1 Å². The van der Waals surface area contributed by atoms with Crippen LogP contribution in [0.1, 0.15) is 13.3 Å². The molecule has 0 amide bonds. The number of halogens is 1. The van der Waals surface area contributed by atoms with Gasteiger partial charge in [-0.15, -0.1) is 12.4 Å². The molecule has 10 heteroatoms. The van der Waals surface area contributed by atoms with Crippen LogP contribution in [0.5, 0.6) is 0 Å². The van der Waals surface area contributed by atoms with Crippen LogP contribution in [0.2, 0.25) is 0 Å². The average molecular weight is 386 g/mol. The Bertz CT molecular complexity index is 636. The van der Waals surface area contributed by atoms with E-state index in [-0.39, 0.29) is 36.1 Å². The second kappa shape index (κ2) is 11.0. The van der Waals surface area contributed by atoms with Crippen molar-refractivity contribution in [2.24, 2.45) is 0 Å². The molecule has 0 aliphatic heterocycles. The quantitative estimate of drug-likeness (QED) is 0.475. The molecule has 0 aromatic heterocycles. The maximum Gasteiger partial charge on any atom is 0.240 e. The lowest BCUT2D eigenvalue weighted by Crippen LogP contribution is -2.37. The fourth-order valence-corrected chi connectivity index (χ4v) is 3.77. The molecule has 0 atom stereocenters. The van der Waals surface area contributed by atoms with Crippen LogP contribution in [-0.4, -0.2) is 48.8 Å². The predicted molar refractivity (Wildman–Crippen MR) is 93.8 cm³/mol. The summed E-state index contributed by atoms with van der Waals surface area (Å²) in [7, 11) is -7.16. The van der Waals surface area contributed by atoms with E-state index in [4.69, 9.17) is 0 Å². The fraction of sp³-hybridized carbons (Fsp3) is 0.538. The van der Waals surface area contributed by atoms with E-state index in [9.17, 15) is 16.8 Å². The van der Waals surface area contributed by atoms with E-state index in [2.05, 4.69) is 14.8 Å². The lowest BCUT2D eigenvalue weighted by Gasteiger charge is -2.09. The normalized spacial score (nSPS) is 11.9. The molecule has 0 radical (unpaired) electrons. The van der Waals surface area contributed by atoms with Gasteiger partial charge in [0.2, 0.25) is 20.0 Å². The molecule has 0 saturated heterocycles. The number of rotatable bonds is 11. The SMILES string of the molecule is CCCNCCNS(=O)(=O)CCNS(=O)(=O)c1ccccc1.Cl. The Labute approximate surface area is 144 Å². The van der Waals surface area contributed by atoms with Crippen LogP contribution >= 0.6 is 12.4 Å². The highest BCUT2D eigenvalue weighted by Gasteiger charge is 2.15. The summed E-state index contributed by atoms with van der Waals surface area (Å²) in [4.78, 5) is 0.115. The molecule has 0 aliphatic carbocycles. The van der Waals surface area contributed by atoms with E-state index in [0.717, 1.165) is 13.0 Å². The van der Waals surface area contributed by atoms with E-state index >= 15 is 0 Å². The molecule has 0 unspecified atom stereocenters. The van der Waals surface area contributed by atoms with Gasteiger partial charge in [-0.1, -0.05) is 25.1 Å². The minimum absolute atomic E-state index is 0. The average Bonchev–Trinajstić information content (AvgIpc) is 2.47. The van der Waals surface area contributed by atoms with Crippen LogP contribution in [0.3, 0.4) is 0 Å². The highest BCUT2D eigenvalue weighted by molar-refractivity contribution is 7.90. The van der Waals surface area contributed by atoms with Crippen LogP contribution in [-0.2, 0) is 20.0 Å². The second-order valence-electron chi connectivity index (χ2n) is 4.67. The van der Waals surface area contributed by atoms with Gasteiger partial charge in [0.1, 0.15) is 0 Å². The third kappa shape index (κ3) is 9.23. The van der Waals surface area contributed by atoms with Gasteiger partial charge < -0.3 is 5.32 Å². The molecule has 0 heterocycles. The van der Waals surface area contributed by atoms with Crippen molar-refractivity contribution in [3.05, 3.63) is 30.3 Å². The molecule has 23 heavy (non-hydrogen) atoms. The van der Waals surface area contributed by atoms with Crippen molar-refractivity contribution in [1.82, 2.24) is 14.8 Å². The Balaban J connectivity index is 0.00000484. The first-order chi connectivity index (χ1) is 10.4. The molecular formula is C13H24ClN3O4S2. The zero-order valence-corrected chi connectivity index (χ0v) is 15.4. The summed E-state index contributed by atoms with van der Waals surface area (Å²) in [6.45, 7) is 3.51. The maximum atomic E-state index is 11.9. The zero-order chi connectivity index (χ0) is 16.5. The van der Waals surface area contributed by atoms with Gasteiger partial charge in [-0.2, -0.15) is 0 Å². The summed E-state index contributed by atoms with van der Waals surface area (Å²) < 4.78 is 52.0. The van der Waals surface area contributed by atoms with Gasteiger partial charge >= 0.3 is 0 Å². The summed E-state index contributed by atoms with van der Waals surface area (Å²) >= 11 is 0. The topological polar surface area (TPSA) is 104 Å². The van der Waals surface area contributed by atoms with Crippen molar-refractivity contribution in [2.75, 3.05) is 31.9 Å². The lowest BCUT2D eigenvalue weighted by molar-refractivity contribution is 0.571. The summed E-state index contributed by atoms with van der Waals surface area (Å²) in [5.41, 5.74) is 0. The van der Waals surface area contributed by atoms with Crippen LogP contribution in [0.4, 0.5) is 0 Å². The third-order valence-electron chi connectivity index (χ3n) is 2.77. The zero-order valence-electron chi connectivity index (χ0n) is 13.0. The molecule has 1 aromatic rings. The van der Waals surface area contributed by atoms with Crippen molar-refractivity contribution in [3.63, 3.8) is 0 Å². The molecule has 1 aromatic carbocycles. The van der Waals surface area contributed by atoms with Crippen LogP contribution in [0, 0.1) is 0 Å². The largest absolute Gasteiger partial charge is 0.315 e. The molecule has 7 nitrogen and oxygen atoms in total. The minimum atomic E-state index is -3.67. The number of nitrogens with one attached hydrogen (secondary N) is 3. The van der Waals surface area contributed by atoms with Crippen molar-refractivity contribution >= 4 is 32.5 Å².